The van der Waals surface area contributed by atoms with E-state index in [9.17, 15) is 45.3 Å². The molecule has 15 nitrogen and oxygen atoms in total. The largest absolute Gasteiger partial charge is 0.394 e. The van der Waals surface area contributed by atoms with Gasteiger partial charge < -0.3 is 65.3 Å². The fourth-order valence-corrected chi connectivity index (χ4v) is 6.17. The summed E-state index contributed by atoms with van der Waals surface area (Å²) in [4.78, 5) is 26.0. The zero-order valence-electron chi connectivity index (χ0n) is 30.1. The molecule has 2 aliphatic rings. The summed E-state index contributed by atoms with van der Waals surface area (Å²) in [6.45, 7) is 2.90. The third-order valence-corrected chi connectivity index (χ3v) is 9.38. The number of aliphatic hydroxyl groups excluding tert-OH is 7. The summed E-state index contributed by atoms with van der Waals surface area (Å²) in [5.74, 6) is -0.782. The highest BCUT2D eigenvalue weighted by Gasteiger charge is 2.50. The van der Waals surface area contributed by atoms with Crippen LogP contribution in [-0.4, -0.2) is 141 Å². The zero-order chi connectivity index (χ0) is 36.9. The van der Waals surface area contributed by atoms with Crippen molar-refractivity contribution in [3.05, 3.63) is 0 Å². The summed E-state index contributed by atoms with van der Waals surface area (Å²) in [5.41, 5.74) is 0. The Balaban J connectivity index is 1.96. The molecule has 0 spiro atoms. The number of nitrogens with one attached hydrogen (secondary N) is 2. The molecule has 0 bridgehead atoms. The molecule has 9 N–H and O–H groups in total. The van der Waals surface area contributed by atoms with Crippen molar-refractivity contribution in [1.82, 2.24) is 10.6 Å². The summed E-state index contributed by atoms with van der Waals surface area (Å²) in [6.07, 6.45) is 0.342. The Kier molecular flexibility index (Phi) is 22.8. The maximum Gasteiger partial charge on any atom is 0.244 e. The molecular formula is C35H66N2O13. The second kappa shape index (κ2) is 25.5. The number of carbonyl (C=O) groups excluding carboxylic acids is 2. The Hall–Kier alpha value is -1.50. The number of carbonyl (C=O) groups is 2. The Morgan fingerprint density at radius 3 is 1.74 bits per heavy atom. The van der Waals surface area contributed by atoms with Crippen molar-refractivity contribution in [3.63, 3.8) is 0 Å². The molecule has 1 unspecified atom stereocenters. The van der Waals surface area contributed by atoms with Gasteiger partial charge in [-0.25, -0.2) is 0 Å². The van der Waals surface area contributed by atoms with Gasteiger partial charge >= 0.3 is 0 Å². The van der Waals surface area contributed by atoms with Crippen molar-refractivity contribution in [3.8, 4) is 0 Å². The minimum atomic E-state index is -1.79. The molecule has 0 aliphatic carbocycles. The third kappa shape index (κ3) is 15.2. The first kappa shape index (κ1) is 44.7. The van der Waals surface area contributed by atoms with Crippen molar-refractivity contribution in [2.24, 2.45) is 0 Å². The van der Waals surface area contributed by atoms with Gasteiger partial charge in [-0.2, -0.15) is 0 Å². The molecule has 0 aromatic carbocycles. The highest BCUT2D eigenvalue weighted by Crippen LogP contribution is 2.29. The molecule has 15 heteroatoms. The van der Waals surface area contributed by atoms with E-state index in [1.807, 2.05) is 0 Å². The first-order valence-electron chi connectivity index (χ1n) is 18.9. The van der Waals surface area contributed by atoms with Crippen LogP contribution in [0.2, 0.25) is 0 Å². The smallest absolute Gasteiger partial charge is 0.244 e. The molecule has 2 saturated heterocycles. The van der Waals surface area contributed by atoms with E-state index in [-0.39, 0.29) is 12.3 Å². The van der Waals surface area contributed by atoms with E-state index in [4.69, 9.17) is 18.9 Å². The van der Waals surface area contributed by atoms with Crippen LogP contribution >= 0.6 is 0 Å². The van der Waals surface area contributed by atoms with Crippen LogP contribution in [0.4, 0.5) is 0 Å². The summed E-state index contributed by atoms with van der Waals surface area (Å²) < 4.78 is 22.3. The predicted octanol–water partition coefficient (Wildman–Crippen LogP) is 0.510. The predicted molar refractivity (Wildman–Crippen MR) is 183 cm³/mol. The summed E-state index contributed by atoms with van der Waals surface area (Å²) in [6, 6.07) is -1.12. The second-order valence-corrected chi connectivity index (χ2v) is 13.6. The first-order valence-corrected chi connectivity index (χ1v) is 18.9. The number of rotatable bonds is 26. The van der Waals surface area contributed by atoms with Crippen LogP contribution < -0.4 is 10.6 Å². The summed E-state index contributed by atoms with van der Waals surface area (Å²) in [5, 5.41) is 77.3. The van der Waals surface area contributed by atoms with Gasteiger partial charge in [0, 0.05) is 13.0 Å². The van der Waals surface area contributed by atoms with Gasteiger partial charge in [-0.1, -0.05) is 97.3 Å². The molecule has 2 fully saturated rings. The van der Waals surface area contributed by atoms with Gasteiger partial charge in [0.05, 0.1) is 19.8 Å². The Bertz CT molecular complexity index is 914. The Morgan fingerprint density at radius 2 is 1.16 bits per heavy atom. The molecule has 2 aliphatic heterocycles. The van der Waals surface area contributed by atoms with Gasteiger partial charge in [0.2, 0.25) is 11.8 Å². The summed E-state index contributed by atoms with van der Waals surface area (Å²) >= 11 is 0. The van der Waals surface area contributed by atoms with Crippen LogP contribution in [0.5, 0.6) is 0 Å². The fourth-order valence-electron chi connectivity index (χ4n) is 6.17. The van der Waals surface area contributed by atoms with Crippen LogP contribution in [0, 0.1) is 0 Å². The molecule has 2 amide bonds. The quantitative estimate of drug-likeness (QED) is 0.0555. The van der Waals surface area contributed by atoms with Crippen molar-refractivity contribution in [1.29, 1.82) is 0 Å². The molecular weight excluding hydrogens is 656 g/mol. The van der Waals surface area contributed by atoms with E-state index < -0.39 is 93.2 Å². The van der Waals surface area contributed by atoms with Crippen molar-refractivity contribution in [2.75, 3.05) is 26.4 Å². The van der Waals surface area contributed by atoms with E-state index in [1.54, 1.807) is 0 Å². The van der Waals surface area contributed by atoms with E-state index in [1.165, 1.54) is 32.1 Å². The Labute approximate surface area is 297 Å². The van der Waals surface area contributed by atoms with Crippen molar-refractivity contribution < 1.29 is 64.3 Å². The van der Waals surface area contributed by atoms with Gasteiger partial charge in [0.15, 0.2) is 12.6 Å². The van der Waals surface area contributed by atoms with Crippen LogP contribution in [0.3, 0.4) is 0 Å². The molecule has 2 rings (SSSR count). The average Bonchev–Trinajstić information content (AvgIpc) is 3.11. The first-order chi connectivity index (χ1) is 24.1. The number of ether oxygens (including phenoxy) is 4. The van der Waals surface area contributed by atoms with E-state index in [2.05, 4.69) is 24.5 Å². The monoisotopic (exact) mass is 722 g/mol. The maximum atomic E-state index is 13.2. The summed E-state index contributed by atoms with van der Waals surface area (Å²) in [7, 11) is 0. The molecule has 0 aromatic rings. The minimum Gasteiger partial charge on any atom is -0.394 e. The van der Waals surface area contributed by atoms with E-state index in [0.717, 1.165) is 57.8 Å². The van der Waals surface area contributed by atoms with Gasteiger partial charge in [-0.05, 0) is 12.8 Å². The average molecular weight is 723 g/mol. The van der Waals surface area contributed by atoms with Crippen LogP contribution in [0.1, 0.15) is 117 Å². The SMILES string of the molecule is CCCCCCCCCCCC(=O)N[C@@H](COC1O[C@H](CO)[C@@H](O[C@@H]2O[C@H](CO)[C@H](O)[C@H](O)[C@H]2O)[C@H](O)[C@H]1O)C(=O)NCCCCCCCC. The molecule has 2 heterocycles. The molecule has 50 heavy (non-hydrogen) atoms. The molecule has 11 atom stereocenters. The van der Waals surface area contributed by atoms with Gasteiger partial charge in [0.1, 0.15) is 54.9 Å². The third-order valence-electron chi connectivity index (χ3n) is 9.38. The maximum absolute atomic E-state index is 13.2. The van der Waals surface area contributed by atoms with Crippen LogP contribution in [-0.2, 0) is 28.5 Å². The van der Waals surface area contributed by atoms with Gasteiger partial charge in [-0.15, -0.1) is 0 Å². The number of hydrogen-bond acceptors (Lipinski definition) is 13. The highest BCUT2D eigenvalue weighted by molar-refractivity contribution is 5.87. The Morgan fingerprint density at radius 1 is 0.640 bits per heavy atom. The second-order valence-electron chi connectivity index (χ2n) is 13.6. The normalized spacial score (nSPS) is 30.6. The van der Waals surface area contributed by atoms with E-state index >= 15 is 0 Å². The van der Waals surface area contributed by atoms with E-state index in [0.29, 0.717) is 13.0 Å². The lowest BCUT2D eigenvalue weighted by molar-refractivity contribution is -0.359. The minimum absolute atomic E-state index is 0.238. The number of unbranched alkanes of at least 4 members (excludes halogenated alkanes) is 13. The number of hydrogen-bond donors (Lipinski definition) is 9. The number of aliphatic hydroxyl groups is 7. The molecule has 0 aromatic heterocycles. The lowest BCUT2D eigenvalue weighted by Crippen LogP contribution is -2.65. The number of amides is 2. The van der Waals surface area contributed by atoms with Crippen molar-refractivity contribution >= 4 is 11.8 Å². The zero-order valence-corrected chi connectivity index (χ0v) is 30.1. The van der Waals surface area contributed by atoms with Gasteiger partial charge in [0.25, 0.3) is 0 Å². The topological polar surface area (TPSA) is 237 Å². The van der Waals surface area contributed by atoms with Gasteiger partial charge in [-0.3, -0.25) is 9.59 Å². The lowest BCUT2D eigenvalue weighted by Gasteiger charge is -2.46. The standard InChI is InChI=1S/C35H66N2O13/c1-3-5-7-9-11-12-13-14-16-18-26(40)37-23(33(46)36-19-17-15-10-8-6-4-2)22-47-34-31(45)29(43)32(25(21-39)49-34)50-35-30(44)28(42)27(41)24(20-38)48-35/h23-25,27-32,34-35,38-39,41-45H,3-22H2,1-2H3,(H,36,46)(H,37,40)/t23-,24+,25+,27-,28-,29+,30+,31+,32+,34?,35-/m0/s1. The molecule has 294 valence electrons. The van der Waals surface area contributed by atoms with Crippen molar-refractivity contribution in [2.45, 2.75) is 184 Å². The lowest BCUT2D eigenvalue weighted by atomic mass is 9.97. The molecule has 0 saturated carbocycles. The molecule has 0 radical (unpaired) electrons. The van der Waals surface area contributed by atoms with Crippen LogP contribution in [0.15, 0.2) is 0 Å². The highest BCUT2D eigenvalue weighted by atomic mass is 16.7. The van der Waals surface area contributed by atoms with Crippen LogP contribution in [0.25, 0.3) is 0 Å². The fraction of sp³-hybridized carbons (Fsp3) is 0.943.